The molecule has 0 radical (unpaired) electrons. The molecule has 5 N–H and O–H groups in total. The second-order valence-corrected chi connectivity index (χ2v) is 13.5. The van der Waals surface area contributed by atoms with Crippen LogP contribution in [0.15, 0.2) is 58.1 Å². The number of aliphatic hydroxyl groups is 1. The summed E-state index contributed by atoms with van der Waals surface area (Å²) >= 11 is 0. The highest BCUT2D eigenvalue weighted by Crippen LogP contribution is 2.32. The van der Waals surface area contributed by atoms with E-state index in [9.17, 15) is 29.5 Å². The maximum atomic E-state index is 14.2. The summed E-state index contributed by atoms with van der Waals surface area (Å²) in [5.74, 6) is -2.77. The van der Waals surface area contributed by atoms with Gasteiger partial charge in [0.1, 0.15) is 6.10 Å². The van der Waals surface area contributed by atoms with Crippen molar-refractivity contribution in [3.8, 4) is 0 Å². The number of carbonyl (C=O) groups excluding carboxylic acids is 4. The largest absolute Gasteiger partial charge is 0.492 e. The highest BCUT2D eigenvalue weighted by molar-refractivity contribution is 6.25. The molecule has 2 amide bonds. The van der Waals surface area contributed by atoms with Gasteiger partial charge >= 0.3 is 6.09 Å². The quantitative estimate of drug-likeness (QED) is 0.0885. The molecule has 0 saturated heterocycles. The van der Waals surface area contributed by atoms with E-state index in [2.05, 4.69) is 12.2 Å². The number of fused-ring (bicyclic) bond motifs is 2. The first-order chi connectivity index (χ1) is 24.2. The third kappa shape index (κ3) is 12.8. The Labute approximate surface area is 302 Å². The van der Waals surface area contributed by atoms with Crippen LogP contribution in [0.1, 0.15) is 86.0 Å². The van der Waals surface area contributed by atoms with Gasteiger partial charge in [-0.25, -0.2) is 4.79 Å². The molecule has 1 heterocycles. The zero-order chi connectivity index (χ0) is 38.2. The Kier molecular flexibility index (Phi) is 18.5. The molecule has 0 fully saturated rings. The number of hydroxylamine groups is 2. The molecule has 286 valence electrons. The van der Waals surface area contributed by atoms with E-state index >= 15 is 0 Å². The maximum Gasteiger partial charge on any atom is 0.405 e. The number of nitrogens with two attached hydrogens (primary N) is 1. The van der Waals surface area contributed by atoms with E-state index in [1.807, 2.05) is 6.92 Å². The Bertz CT molecular complexity index is 1380. The summed E-state index contributed by atoms with van der Waals surface area (Å²) in [6.45, 7) is 9.02. The van der Waals surface area contributed by atoms with Crippen LogP contribution in [0.3, 0.4) is 0 Å². The number of nitrogens with zero attached hydrogens (tertiary/aromatic N) is 1. The molecule has 1 aliphatic heterocycles. The first kappa shape index (κ1) is 43.5. The average molecular weight is 718 g/mol. The minimum Gasteiger partial charge on any atom is -0.492 e. The third-order valence-electron chi connectivity index (χ3n) is 9.31. The molecule has 0 aromatic rings. The van der Waals surface area contributed by atoms with Gasteiger partial charge < -0.3 is 40.3 Å². The van der Waals surface area contributed by atoms with E-state index in [1.54, 1.807) is 26.0 Å². The van der Waals surface area contributed by atoms with Crippen molar-refractivity contribution in [1.29, 1.82) is 0 Å². The van der Waals surface area contributed by atoms with Crippen molar-refractivity contribution in [2.45, 2.75) is 110 Å². The number of unbranched alkanes of at least 4 members (excludes halogenated alkanes) is 5. The van der Waals surface area contributed by atoms with Gasteiger partial charge in [0, 0.05) is 43.4 Å². The van der Waals surface area contributed by atoms with Crippen molar-refractivity contribution in [3.05, 3.63) is 58.1 Å². The highest BCUT2D eigenvalue weighted by atomic mass is 16.6. The fraction of sp³-hybridized carbons (Fsp3) is 0.632. The molecular formula is C38H59N3O10. The lowest BCUT2D eigenvalue weighted by molar-refractivity contribution is -0.123. The van der Waals surface area contributed by atoms with Crippen LogP contribution in [0.2, 0.25) is 0 Å². The van der Waals surface area contributed by atoms with Crippen molar-refractivity contribution in [2.75, 3.05) is 34.4 Å². The van der Waals surface area contributed by atoms with Gasteiger partial charge in [0.15, 0.2) is 11.9 Å². The third-order valence-corrected chi connectivity index (χ3v) is 9.31. The molecule has 2 rings (SSSR count). The van der Waals surface area contributed by atoms with Crippen LogP contribution in [-0.4, -0.2) is 97.8 Å². The standard InChI is InChI=1S/C38H59N3O10/c1-9-10-11-12-13-14-18-41(47)22-28-31-33(43)27(36(50-8)34(28)44)19-23(2)20-30(49-7)32(42)25(4)21-26(5)35(51-38(39)46)29(48-6)17-15-16-24(3)37(45)40-31/h15-17,21,23,25,29-30,32,35,42,47H,9-14,18-20,22H2,1-8H3,(H2,39,46)(H,40,45)/b17-15-,24-16?,26-21?. The number of Topliss-reactive ketones (excluding diaryl/α,β-unsaturated/α-hetero) is 2. The number of carbonyl (C=O) groups is 4. The summed E-state index contributed by atoms with van der Waals surface area (Å²) in [5.41, 5.74) is 5.91. The van der Waals surface area contributed by atoms with E-state index in [0.29, 0.717) is 18.4 Å². The molecule has 0 aromatic heterocycles. The predicted molar refractivity (Wildman–Crippen MR) is 192 cm³/mol. The zero-order valence-electron chi connectivity index (χ0n) is 31.5. The van der Waals surface area contributed by atoms with Crippen LogP contribution in [-0.2, 0) is 33.3 Å². The molecule has 2 bridgehead atoms. The van der Waals surface area contributed by atoms with Crippen LogP contribution in [0, 0.1) is 11.8 Å². The average Bonchev–Trinajstić information content (AvgIpc) is 3.09. The maximum absolute atomic E-state index is 14.2. The molecule has 2 aliphatic rings. The molecule has 0 saturated carbocycles. The number of aliphatic hydroxyl groups excluding tert-OH is 1. The van der Waals surface area contributed by atoms with Crippen molar-refractivity contribution in [1.82, 2.24) is 10.4 Å². The van der Waals surface area contributed by atoms with Gasteiger partial charge in [0.05, 0.1) is 31.6 Å². The van der Waals surface area contributed by atoms with Crippen molar-refractivity contribution >= 4 is 23.6 Å². The van der Waals surface area contributed by atoms with Gasteiger partial charge in [-0.1, -0.05) is 77.2 Å². The minimum absolute atomic E-state index is 0.0800. The van der Waals surface area contributed by atoms with E-state index < -0.39 is 53.9 Å². The van der Waals surface area contributed by atoms with Crippen molar-refractivity contribution < 1.29 is 48.4 Å². The van der Waals surface area contributed by atoms with Crippen LogP contribution in [0.25, 0.3) is 0 Å². The van der Waals surface area contributed by atoms with Gasteiger partial charge in [0.25, 0.3) is 5.91 Å². The number of methoxy groups -OCH3 is 3. The second-order valence-electron chi connectivity index (χ2n) is 13.5. The molecule has 13 nitrogen and oxygen atoms in total. The van der Waals surface area contributed by atoms with Gasteiger partial charge in [-0.3, -0.25) is 14.4 Å². The predicted octanol–water partition coefficient (Wildman–Crippen LogP) is 4.83. The summed E-state index contributed by atoms with van der Waals surface area (Å²) in [6.07, 6.45) is 8.25. The Morgan fingerprint density at radius 1 is 1.02 bits per heavy atom. The second kappa shape index (κ2) is 21.7. The summed E-state index contributed by atoms with van der Waals surface area (Å²) in [5, 5.41) is 25.8. The number of allylic oxidation sites excluding steroid dienone is 4. The van der Waals surface area contributed by atoms with Gasteiger partial charge in [0.2, 0.25) is 11.6 Å². The SMILES string of the molecule is CCCCCCCCN(O)CC1=C2NC(=O)C(C)=C/C=C\C(OC)C(OC(N)=O)C(C)=CC(C)C(O)C(OC)CC(C)CC(=C(OC)C1=O)C2=O. The normalized spacial score (nSPS) is 26.5. The van der Waals surface area contributed by atoms with E-state index in [-0.39, 0.29) is 53.6 Å². The lowest BCUT2D eigenvalue weighted by Crippen LogP contribution is -2.39. The Morgan fingerprint density at radius 3 is 2.29 bits per heavy atom. The number of amides is 2. The van der Waals surface area contributed by atoms with Crippen LogP contribution >= 0.6 is 0 Å². The summed E-state index contributed by atoms with van der Waals surface area (Å²) in [7, 11) is 4.21. The number of nitrogens with one attached hydrogen (secondary N) is 1. The number of rotatable bonds is 13. The van der Waals surface area contributed by atoms with Crippen molar-refractivity contribution in [2.24, 2.45) is 17.6 Å². The molecule has 6 unspecified atom stereocenters. The summed E-state index contributed by atoms with van der Waals surface area (Å²) < 4.78 is 22.2. The Morgan fingerprint density at radius 2 is 1.69 bits per heavy atom. The molecular weight excluding hydrogens is 658 g/mol. The monoisotopic (exact) mass is 717 g/mol. The van der Waals surface area contributed by atoms with Crippen LogP contribution in [0.4, 0.5) is 4.79 Å². The van der Waals surface area contributed by atoms with Gasteiger partial charge in [-0.05, 0) is 44.6 Å². The fourth-order valence-electron chi connectivity index (χ4n) is 6.39. The van der Waals surface area contributed by atoms with Gasteiger partial charge in [-0.2, -0.15) is 5.06 Å². The van der Waals surface area contributed by atoms with Crippen LogP contribution < -0.4 is 11.1 Å². The lowest BCUT2D eigenvalue weighted by atomic mass is 9.83. The number of ether oxygens (including phenoxy) is 4. The van der Waals surface area contributed by atoms with Crippen molar-refractivity contribution in [3.63, 3.8) is 0 Å². The fourth-order valence-corrected chi connectivity index (χ4v) is 6.39. The zero-order valence-corrected chi connectivity index (χ0v) is 31.5. The molecule has 13 heteroatoms. The summed E-state index contributed by atoms with van der Waals surface area (Å²) in [6, 6.07) is 0. The number of hydrogen-bond donors (Lipinski definition) is 4. The lowest BCUT2D eigenvalue weighted by Gasteiger charge is -2.30. The number of hydrogen-bond acceptors (Lipinski definition) is 11. The molecule has 0 spiro atoms. The van der Waals surface area contributed by atoms with E-state index in [0.717, 1.165) is 37.2 Å². The Hall–Kier alpha value is -3.62. The van der Waals surface area contributed by atoms with Gasteiger partial charge in [-0.15, -0.1) is 0 Å². The smallest absolute Gasteiger partial charge is 0.405 e. The van der Waals surface area contributed by atoms with Crippen LogP contribution in [0.5, 0.6) is 0 Å². The van der Waals surface area contributed by atoms with E-state index in [1.165, 1.54) is 40.4 Å². The molecule has 1 aliphatic carbocycles. The molecule has 0 aromatic carbocycles. The molecule has 6 atom stereocenters. The highest BCUT2D eigenvalue weighted by Gasteiger charge is 2.38. The topological polar surface area (TPSA) is 187 Å². The number of ketones is 2. The minimum atomic E-state index is -1.02. The Balaban J connectivity index is 2.63. The van der Waals surface area contributed by atoms with E-state index in [4.69, 9.17) is 24.7 Å². The summed E-state index contributed by atoms with van der Waals surface area (Å²) in [4.78, 5) is 53.5. The molecule has 51 heavy (non-hydrogen) atoms. The first-order valence-electron chi connectivity index (χ1n) is 17.8. The number of primary amides is 1. The first-order valence-corrected chi connectivity index (χ1v) is 17.8.